The van der Waals surface area contributed by atoms with E-state index < -0.39 is 11.2 Å². The normalized spacial score (nSPS) is 11.8. The number of rotatable bonds is 11. The van der Waals surface area contributed by atoms with E-state index in [0.29, 0.717) is 36.5 Å². The molecule has 0 aliphatic rings. The molecule has 2 aromatic heterocycles. The van der Waals surface area contributed by atoms with Gasteiger partial charge in [-0.1, -0.05) is 73.1 Å². The molecule has 2 N–H and O–H groups in total. The SMILES string of the molecule is CCCCn1c(=O)[nH]c(=O)c2c1nc(CCC(=O)Nc1c(C(C)C)cccc1C(C)C)n2CC(C)C. The summed E-state index contributed by atoms with van der Waals surface area (Å²) in [5.41, 5.74) is 3.07. The highest BCUT2D eigenvalue weighted by Gasteiger charge is 2.21. The number of unbranched alkanes of at least 4 members (excludes halogenated alkanes) is 1. The molecular formula is C28H41N5O3. The maximum absolute atomic E-state index is 13.1. The minimum atomic E-state index is -0.439. The van der Waals surface area contributed by atoms with Crippen LogP contribution in [0.4, 0.5) is 5.69 Å². The van der Waals surface area contributed by atoms with Gasteiger partial charge >= 0.3 is 5.69 Å². The summed E-state index contributed by atoms with van der Waals surface area (Å²) in [6, 6.07) is 6.18. The molecule has 0 unspecified atom stereocenters. The second-order valence-electron chi connectivity index (χ2n) is 10.6. The molecule has 3 rings (SSSR count). The second kappa shape index (κ2) is 11.7. The predicted molar refractivity (Wildman–Crippen MR) is 146 cm³/mol. The number of nitrogens with one attached hydrogen (secondary N) is 2. The standard InChI is InChI=1S/C28H41N5O3/c1-8-9-15-32-26-25(27(35)31-28(32)36)33(16-17(2)3)22(29-26)13-14-23(34)30-24-20(18(4)5)11-10-12-21(24)19(6)7/h10-12,17-19H,8-9,13-16H2,1-7H3,(H,30,34)(H,31,35,36). The predicted octanol–water partition coefficient (Wildman–Crippen LogP) is 5.16. The summed E-state index contributed by atoms with van der Waals surface area (Å²) in [4.78, 5) is 45.7. The summed E-state index contributed by atoms with van der Waals surface area (Å²) >= 11 is 0. The summed E-state index contributed by atoms with van der Waals surface area (Å²) < 4.78 is 3.43. The van der Waals surface area contributed by atoms with Gasteiger partial charge in [0.15, 0.2) is 11.2 Å². The zero-order chi connectivity index (χ0) is 26.6. The van der Waals surface area contributed by atoms with Crippen LogP contribution in [0.5, 0.6) is 0 Å². The van der Waals surface area contributed by atoms with E-state index in [2.05, 4.69) is 70.9 Å². The fourth-order valence-corrected chi connectivity index (χ4v) is 4.62. The Kier molecular flexibility index (Phi) is 8.93. The van der Waals surface area contributed by atoms with Gasteiger partial charge in [-0.25, -0.2) is 9.78 Å². The van der Waals surface area contributed by atoms with Gasteiger partial charge in [0, 0.05) is 31.6 Å². The minimum absolute atomic E-state index is 0.0922. The molecule has 0 saturated carbocycles. The summed E-state index contributed by atoms with van der Waals surface area (Å²) in [5.74, 6) is 1.38. The van der Waals surface area contributed by atoms with Crippen LogP contribution in [-0.2, 0) is 24.3 Å². The van der Waals surface area contributed by atoms with Gasteiger partial charge in [0.2, 0.25) is 5.91 Å². The Bertz CT molecular complexity index is 1300. The van der Waals surface area contributed by atoms with Crippen LogP contribution in [0.3, 0.4) is 0 Å². The molecule has 36 heavy (non-hydrogen) atoms. The molecule has 0 saturated heterocycles. The Morgan fingerprint density at radius 3 is 2.22 bits per heavy atom. The number of amides is 1. The number of aromatic nitrogens is 4. The van der Waals surface area contributed by atoms with E-state index >= 15 is 0 Å². The Balaban J connectivity index is 1.96. The van der Waals surface area contributed by atoms with Crippen molar-refractivity contribution in [3.63, 3.8) is 0 Å². The van der Waals surface area contributed by atoms with E-state index in [4.69, 9.17) is 4.98 Å². The summed E-state index contributed by atoms with van der Waals surface area (Å²) in [5, 5.41) is 3.17. The number of carbonyl (C=O) groups is 1. The molecule has 0 aliphatic carbocycles. The van der Waals surface area contributed by atoms with Crippen LogP contribution >= 0.6 is 0 Å². The first-order chi connectivity index (χ1) is 17.0. The van der Waals surface area contributed by atoms with Crippen molar-refractivity contribution < 1.29 is 4.79 Å². The molecule has 0 spiro atoms. The number of aromatic amines is 1. The molecule has 0 aliphatic heterocycles. The first kappa shape index (κ1) is 27.4. The number of H-pyrrole nitrogens is 1. The van der Waals surface area contributed by atoms with Gasteiger partial charge in [-0.3, -0.25) is 19.1 Å². The van der Waals surface area contributed by atoms with Crippen molar-refractivity contribution in [2.24, 2.45) is 5.92 Å². The van der Waals surface area contributed by atoms with E-state index in [0.717, 1.165) is 29.7 Å². The van der Waals surface area contributed by atoms with Gasteiger partial charge in [-0.2, -0.15) is 0 Å². The van der Waals surface area contributed by atoms with Crippen LogP contribution in [0.15, 0.2) is 27.8 Å². The molecule has 1 amide bonds. The average molecular weight is 496 g/mol. The Morgan fingerprint density at radius 2 is 1.67 bits per heavy atom. The van der Waals surface area contributed by atoms with Crippen LogP contribution in [-0.4, -0.2) is 25.0 Å². The lowest BCUT2D eigenvalue weighted by atomic mass is 9.92. The van der Waals surface area contributed by atoms with Gasteiger partial charge in [0.25, 0.3) is 5.56 Å². The average Bonchev–Trinajstić information content (AvgIpc) is 3.15. The van der Waals surface area contributed by atoms with Gasteiger partial charge in [-0.05, 0) is 35.3 Å². The van der Waals surface area contributed by atoms with Gasteiger partial charge < -0.3 is 9.88 Å². The number of fused-ring (bicyclic) bond motifs is 1. The van der Waals surface area contributed by atoms with Crippen LogP contribution in [0.2, 0.25) is 0 Å². The Morgan fingerprint density at radius 1 is 1.03 bits per heavy atom. The molecule has 1 aromatic carbocycles. The zero-order valence-corrected chi connectivity index (χ0v) is 22.8. The number of hydrogen-bond acceptors (Lipinski definition) is 4. The molecule has 0 bridgehead atoms. The summed E-state index contributed by atoms with van der Waals surface area (Å²) in [7, 11) is 0. The third kappa shape index (κ3) is 5.97. The molecule has 0 fully saturated rings. The monoisotopic (exact) mass is 495 g/mol. The van der Waals surface area contributed by atoms with Crippen molar-refractivity contribution in [3.05, 3.63) is 56.0 Å². The number of hydrogen-bond donors (Lipinski definition) is 2. The van der Waals surface area contributed by atoms with Crippen LogP contribution in [0.25, 0.3) is 11.2 Å². The number of para-hydroxylation sites is 1. The third-order valence-corrected chi connectivity index (χ3v) is 6.46. The lowest BCUT2D eigenvalue weighted by Crippen LogP contribution is -2.31. The van der Waals surface area contributed by atoms with Crippen molar-refractivity contribution in [1.29, 1.82) is 0 Å². The first-order valence-electron chi connectivity index (χ1n) is 13.2. The summed E-state index contributed by atoms with van der Waals surface area (Å²) in [6.45, 7) is 15.8. The highest BCUT2D eigenvalue weighted by molar-refractivity contribution is 5.92. The maximum Gasteiger partial charge on any atom is 0.330 e. The number of aryl methyl sites for hydroxylation is 2. The second-order valence-corrected chi connectivity index (χ2v) is 10.6. The third-order valence-electron chi connectivity index (χ3n) is 6.46. The van der Waals surface area contributed by atoms with E-state index in [1.165, 1.54) is 0 Å². The highest BCUT2D eigenvalue weighted by Crippen LogP contribution is 2.32. The number of anilines is 1. The summed E-state index contributed by atoms with van der Waals surface area (Å²) in [6.07, 6.45) is 2.32. The lowest BCUT2D eigenvalue weighted by molar-refractivity contribution is -0.116. The van der Waals surface area contributed by atoms with Gasteiger partial charge in [-0.15, -0.1) is 0 Å². The van der Waals surface area contributed by atoms with E-state index in [1.807, 2.05) is 10.6 Å². The van der Waals surface area contributed by atoms with E-state index in [1.54, 1.807) is 4.57 Å². The van der Waals surface area contributed by atoms with Gasteiger partial charge in [0.1, 0.15) is 5.82 Å². The number of nitrogens with zero attached hydrogens (tertiary/aromatic N) is 3. The molecular weight excluding hydrogens is 454 g/mol. The molecule has 8 heteroatoms. The molecule has 0 radical (unpaired) electrons. The molecule has 196 valence electrons. The van der Waals surface area contributed by atoms with Crippen molar-refractivity contribution in [2.45, 2.75) is 99.1 Å². The van der Waals surface area contributed by atoms with Crippen LogP contribution < -0.4 is 16.6 Å². The number of imidazole rings is 1. The van der Waals surface area contributed by atoms with Crippen LogP contribution in [0.1, 0.15) is 96.5 Å². The minimum Gasteiger partial charge on any atom is -0.326 e. The number of benzene rings is 1. The Labute approximate surface area is 213 Å². The number of carbonyl (C=O) groups excluding carboxylic acids is 1. The van der Waals surface area contributed by atoms with Gasteiger partial charge in [0.05, 0.1) is 0 Å². The van der Waals surface area contributed by atoms with Crippen molar-refractivity contribution >= 4 is 22.8 Å². The van der Waals surface area contributed by atoms with Crippen LogP contribution in [0, 0.1) is 5.92 Å². The molecule has 3 aromatic rings. The van der Waals surface area contributed by atoms with Crippen molar-refractivity contribution in [3.8, 4) is 0 Å². The highest BCUT2D eigenvalue weighted by atomic mass is 16.2. The smallest absolute Gasteiger partial charge is 0.326 e. The fraction of sp³-hybridized carbons (Fsp3) is 0.571. The van der Waals surface area contributed by atoms with Crippen molar-refractivity contribution in [1.82, 2.24) is 19.1 Å². The van der Waals surface area contributed by atoms with Crippen molar-refractivity contribution in [2.75, 3.05) is 5.32 Å². The zero-order valence-electron chi connectivity index (χ0n) is 22.8. The lowest BCUT2D eigenvalue weighted by Gasteiger charge is -2.20. The quantitative estimate of drug-likeness (QED) is 0.383. The van der Waals surface area contributed by atoms with E-state index in [-0.39, 0.29) is 30.1 Å². The maximum atomic E-state index is 13.1. The topological polar surface area (TPSA) is 102 Å². The molecule has 2 heterocycles. The Hall–Kier alpha value is -3.16. The molecule has 0 atom stereocenters. The molecule has 8 nitrogen and oxygen atoms in total. The van der Waals surface area contributed by atoms with E-state index in [9.17, 15) is 14.4 Å². The largest absolute Gasteiger partial charge is 0.330 e. The fourth-order valence-electron chi connectivity index (χ4n) is 4.62. The first-order valence-corrected chi connectivity index (χ1v) is 13.2.